The van der Waals surface area contributed by atoms with Gasteiger partial charge in [0.05, 0.1) is 11.2 Å². The van der Waals surface area contributed by atoms with Gasteiger partial charge in [-0.1, -0.05) is 13.8 Å². The van der Waals surface area contributed by atoms with Crippen molar-refractivity contribution in [1.82, 2.24) is 0 Å². The zero-order valence-electron chi connectivity index (χ0n) is 11.9. The minimum atomic E-state index is -1.56. The van der Waals surface area contributed by atoms with Gasteiger partial charge in [-0.05, 0) is 25.2 Å². The molecule has 1 aromatic heterocycles. The first-order chi connectivity index (χ1) is 9.13. The number of hydrogen-bond acceptors (Lipinski definition) is 5. The fourth-order valence-corrected chi connectivity index (χ4v) is 4.19. The zero-order chi connectivity index (χ0) is 14.9. The Bertz CT molecular complexity index is 583. The van der Waals surface area contributed by atoms with Crippen molar-refractivity contribution in [3.05, 3.63) is 23.2 Å². The smallest absolute Gasteiger partial charge is 0.198 e. The van der Waals surface area contributed by atoms with Crippen LogP contribution in [0.25, 0.3) is 0 Å². The molecule has 110 valence electrons. The van der Waals surface area contributed by atoms with Gasteiger partial charge in [0.15, 0.2) is 5.78 Å². The average Bonchev–Trinajstić information content (AvgIpc) is 2.87. The van der Waals surface area contributed by atoms with Crippen LogP contribution in [-0.4, -0.2) is 26.7 Å². The van der Waals surface area contributed by atoms with Crippen molar-refractivity contribution in [1.29, 1.82) is 0 Å². The van der Waals surface area contributed by atoms with E-state index in [4.69, 9.17) is 4.42 Å². The Labute approximate surface area is 117 Å². The zero-order valence-corrected chi connectivity index (χ0v) is 11.9. The molecule has 0 spiro atoms. The maximum Gasteiger partial charge on any atom is 0.198 e. The average molecular weight is 280 g/mol. The summed E-state index contributed by atoms with van der Waals surface area (Å²) in [7, 11) is 0. The fourth-order valence-electron chi connectivity index (χ4n) is 4.19. The Kier molecular flexibility index (Phi) is 2.57. The van der Waals surface area contributed by atoms with Crippen LogP contribution >= 0.6 is 0 Å². The molecule has 0 bridgehead atoms. The molecule has 2 aliphatic rings. The number of carbonyl (C=O) groups excluding carboxylic acids is 1. The van der Waals surface area contributed by atoms with E-state index < -0.39 is 22.9 Å². The molecule has 3 N–H and O–H groups in total. The van der Waals surface area contributed by atoms with Crippen LogP contribution in [0.1, 0.15) is 55.3 Å². The van der Waals surface area contributed by atoms with Crippen molar-refractivity contribution in [2.45, 2.75) is 51.4 Å². The molecule has 0 aromatic carbocycles. The lowest BCUT2D eigenvalue weighted by Crippen LogP contribution is -2.55. The summed E-state index contributed by atoms with van der Waals surface area (Å²) in [6.45, 7) is 5.17. The SMILES string of the molecule is CC1(C)C[C@H]2[C@@](O)(C1)C(=O)c1coc(CO)c1[C@]2(C)O. The van der Waals surface area contributed by atoms with Gasteiger partial charge >= 0.3 is 0 Å². The van der Waals surface area contributed by atoms with E-state index in [0.29, 0.717) is 18.4 Å². The summed E-state index contributed by atoms with van der Waals surface area (Å²) in [5.74, 6) is -0.795. The third kappa shape index (κ3) is 1.51. The minimum absolute atomic E-state index is 0.190. The summed E-state index contributed by atoms with van der Waals surface area (Å²) in [5.41, 5.74) is -2.65. The van der Waals surface area contributed by atoms with Crippen molar-refractivity contribution in [3.8, 4) is 0 Å². The first kappa shape index (κ1) is 13.8. The van der Waals surface area contributed by atoms with Gasteiger partial charge in [-0.25, -0.2) is 0 Å². The lowest BCUT2D eigenvalue weighted by atomic mass is 9.65. The Morgan fingerprint density at radius 1 is 1.35 bits per heavy atom. The van der Waals surface area contributed by atoms with Crippen LogP contribution in [0.3, 0.4) is 0 Å². The highest BCUT2D eigenvalue weighted by atomic mass is 16.4. The molecule has 0 radical (unpaired) electrons. The first-order valence-electron chi connectivity index (χ1n) is 6.85. The molecule has 1 heterocycles. The van der Waals surface area contributed by atoms with E-state index in [1.807, 2.05) is 13.8 Å². The number of aliphatic hydroxyl groups is 3. The molecule has 3 rings (SSSR count). The van der Waals surface area contributed by atoms with Gasteiger partial charge in [0, 0.05) is 11.5 Å². The van der Waals surface area contributed by atoms with E-state index in [1.54, 1.807) is 6.92 Å². The minimum Gasteiger partial charge on any atom is -0.466 e. The van der Waals surface area contributed by atoms with Crippen molar-refractivity contribution in [2.24, 2.45) is 11.3 Å². The van der Waals surface area contributed by atoms with Crippen LogP contribution in [0.15, 0.2) is 10.7 Å². The highest BCUT2D eigenvalue weighted by Crippen LogP contribution is 2.59. The van der Waals surface area contributed by atoms with Crippen LogP contribution in [0.2, 0.25) is 0 Å². The second-order valence-corrected chi connectivity index (χ2v) is 7.10. The molecule has 0 unspecified atom stereocenters. The number of rotatable bonds is 1. The third-order valence-electron chi connectivity index (χ3n) is 4.91. The maximum absolute atomic E-state index is 12.6. The maximum atomic E-state index is 12.6. The molecule has 5 heteroatoms. The van der Waals surface area contributed by atoms with E-state index in [1.165, 1.54) is 6.26 Å². The number of fused-ring (bicyclic) bond motifs is 2. The predicted octanol–water partition coefficient (Wildman–Crippen LogP) is 1.34. The lowest BCUT2D eigenvalue weighted by Gasteiger charge is -2.43. The highest BCUT2D eigenvalue weighted by Gasteiger charge is 2.65. The largest absolute Gasteiger partial charge is 0.466 e. The molecular weight excluding hydrogens is 260 g/mol. The molecule has 3 atom stereocenters. The summed E-state index contributed by atoms with van der Waals surface area (Å²) in [6, 6.07) is 0. The topological polar surface area (TPSA) is 90.9 Å². The first-order valence-corrected chi connectivity index (χ1v) is 6.85. The summed E-state index contributed by atoms with van der Waals surface area (Å²) in [6.07, 6.45) is 2.09. The lowest BCUT2D eigenvalue weighted by molar-refractivity contribution is -0.0948. The fraction of sp³-hybridized carbons (Fsp3) is 0.667. The van der Waals surface area contributed by atoms with Crippen molar-refractivity contribution >= 4 is 5.78 Å². The second-order valence-electron chi connectivity index (χ2n) is 7.10. The Morgan fingerprint density at radius 3 is 2.60 bits per heavy atom. The highest BCUT2D eigenvalue weighted by molar-refractivity contribution is 6.05. The van der Waals surface area contributed by atoms with Gasteiger partial charge in [0.2, 0.25) is 0 Å². The second kappa shape index (κ2) is 3.72. The van der Waals surface area contributed by atoms with E-state index in [-0.39, 0.29) is 23.3 Å². The number of hydrogen-bond donors (Lipinski definition) is 3. The molecule has 0 aliphatic heterocycles. The molecular formula is C15H20O5. The number of furan rings is 1. The van der Waals surface area contributed by atoms with Gasteiger partial charge in [-0.3, -0.25) is 4.79 Å². The Morgan fingerprint density at radius 2 is 2.00 bits per heavy atom. The van der Waals surface area contributed by atoms with E-state index >= 15 is 0 Å². The van der Waals surface area contributed by atoms with Gasteiger partial charge < -0.3 is 19.7 Å². The van der Waals surface area contributed by atoms with Crippen molar-refractivity contribution in [2.75, 3.05) is 0 Å². The number of Topliss-reactive ketones (excluding diaryl/α,β-unsaturated/α-hetero) is 1. The van der Waals surface area contributed by atoms with Crippen LogP contribution in [-0.2, 0) is 12.2 Å². The molecule has 1 saturated carbocycles. The normalized spacial score (nSPS) is 38.7. The monoisotopic (exact) mass is 280 g/mol. The van der Waals surface area contributed by atoms with Crippen LogP contribution < -0.4 is 0 Å². The third-order valence-corrected chi connectivity index (χ3v) is 4.91. The quantitative estimate of drug-likeness (QED) is 0.722. The van der Waals surface area contributed by atoms with Crippen LogP contribution in [0, 0.1) is 11.3 Å². The van der Waals surface area contributed by atoms with Gasteiger partial charge in [-0.15, -0.1) is 0 Å². The van der Waals surface area contributed by atoms with Crippen LogP contribution in [0.5, 0.6) is 0 Å². The summed E-state index contributed by atoms with van der Waals surface area (Å²) < 4.78 is 5.19. The van der Waals surface area contributed by atoms with Gasteiger partial charge in [0.25, 0.3) is 0 Å². The summed E-state index contributed by atoms with van der Waals surface area (Å²) >= 11 is 0. The molecule has 1 aromatic rings. The van der Waals surface area contributed by atoms with Crippen LogP contribution in [0.4, 0.5) is 0 Å². The molecule has 1 fully saturated rings. The number of aliphatic hydroxyl groups excluding tert-OH is 1. The molecule has 2 aliphatic carbocycles. The Balaban J connectivity index is 2.23. The molecule has 5 nitrogen and oxygen atoms in total. The molecule has 20 heavy (non-hydrogen) atoms. The molecule has 0 saturated heterocycles. The standard InChI is InChI=1S/C15H20O5/c1-13(2)4-10-14(3,18)11-8(6-20-9(11)5-16)12(17)15(10,19)7-13/h6,10,16,18-19H,4-5,7H2,1-3H3/t10-,14-,15+/m1/s1. The van der Waals surface area contributed by atoms with E-state index in [9.17, 15) is 20.1 Å². The predicted molar refractivity (Wildman–Crippen MR) is 70.0 cm³/mol. The summed E-state index contributed by atoms with van der Waals surface area (Å²) in [5, 5.41) is 31.1. The number of ketones is 1. The van der Waals surface area contributed by atoms with E-state index in [2.05, 4.69) is 0 Å². The Hall–Kier alpha value is -1.17. The number of carbonyl (C=O) groups is 1. The van der Waals surface area contributed by atoms with E-state index in [0.717, 1.165) is 0 Å². The summed E-state index contributed by atoms with van der Waals surface area (Å²) in [4.78, 5) is 12.6. The van der Waals surface area contributed by atoms with Crippen molar-refractivity contribution in [3.63, 3.8) is 0 Å². The van der Waals surface area contributed by atoms with Gasteiger partial charge in [0.1, 0.15) is 24.2 Å². The van der Waals surface area contributed by atoms with Crippen molar-refractivity contribution < 1.29 is 24.5 Å². The van der Waals surface area contributed by atoms with Gasteiger partial charge in [-0.2, -0.15) is 0 Å². The molecule has 0 amide bonds.